The minimum absolute atomic E-state index is 0.0795. The van der Waals surface area contributed by atoms with Crippen LogP contribution in [0, 0.1) is 16.7 Å². The van der Waals surface area contributed by atoms with E-state index in [4.69, 9.17) is 0 Å². The summed E-state index contributed by atoms with van der Waals surface area (Å²) in [5.74, 6) is 0.0279. The van der Waals surface area contributed by atoms with Gasteiger partial charge < -0.3 is 15.3 Å². The maximum Gasteiger partial charge on any atom is 0.317 e. The van der Waals surface area contributed by atoms with Crippen LogP contribution in [0.25, 0.3) is 0 Å². The molecule has 2 amide bonds. The number of aliphatic carboxylic acids is 1. The third kappa shape index (κ3) is 2.50. The molecular formula is C15H24N2O3. The molecule has 1 saturated heterocycles. The Kier molecular flexibility index (Phi) is 3.18. The molecule has 5 heteroatoms. The van der Waals surface area contributed by atoms with Crippen molar-refractivity contribution in [3.63, 3.8) is 0 Å². The molecule has 2 aliphatic carbocycles. The Morgan fingerprint density at radius 2 is 2.00 bits per heavy atom. The molecule has 0 radical (unpaired) electrons. The van der Waals surface area contributed by atoms with Crippen molar-refractivity contribution in [2.45, 2.75) is 45.4 Å². The number of rotatable bonds is 4. The molecule has 20 heavy (non-hydrogen) atoms. The molecule has 2 N–H and O–H groups in total. The van der Waals surface area contributed by atoms with Crippen molar-refractivity contribution >= 4 is 12.0 Å². The molecule has 0 aromatic carbocycles. The Morgan fingerprint density at radius 3 is 2.55 bits per heavy atom. The van der Waals surface area contributed by atoms with Gasteiger partial charge in [0.2, 0.25) is 0 Å². The largest absolute Gasteiger partial charge is 0.481 e. The predicted octanol–water partition coefficient (Wildman–Crippen LogP) is 2.07. The third-order valence-corrected chi connectivity index (χ3v) is 5.43. The summed E-state index contributed by atoms with van der Waals surface area (Å²) >= 11 is 0. The second kappa shape index (κ2) is 4.64. The molecule has 0 spiro atoms. The molecule has 1 aliphatic heterocycles. The lowest BCUT2D eigenvalue weighted by Crippen LogP contribution is -2.52. The third-order valence-electron chi connectivity index (χ3n) is 5.43. The number of hydrogen-bond acceptors (Lipinski definition) is 2. The van der Waals surface area contributed by atoms with Gasteiger partial charge >= 0.3 is 12.0 Å². The molecule has 3 aliphatic rings. The molecule has 0 bridgehead atoms. The Labute approximate surface area is 119 Å². The highest BCUT2D eigenvalue weighted by Gasteiger charge is 2.53. The van der Waals surface area contributed by atoms with E-state index in [1.165, 1.54) is 25.7 Å². The van der Waals surface area contributed by atoms with Crippen LogP contribution in [0.15, 0.2) is 0 Å². The minimum atomic E-state index is -0.799. The topological polar surface area (TPSA) is 69.6 Å². The van der Waals surface area contributed by atoms with Crippen LogP contribution >= 0.6 is 0 Å². The second-order valence-electron chi connectivity index (χ2n) is 7.19. The van der Waals surface area contributed by atoms with Gasteiger partial charge in [0.1, 0.15) is 0 Å². The molecule has 1 unspecified atom stereocenters. The van der Waals surface area contributed by atoms with Crippen molar-refractivity contribution in [2.75, 3.05) is 19.6 Å². The van der Waals surface area contributed by atoms with E-state index in [9.17, 15) is 14.7 Å². The predicted molar refractivity (Wildman–Crippen MR) is 74.3 cm³/mol. The molecule has 1 heterocycles. The standard InChI is InChI=1S/C15H24N2O3/c1-14(12(18)19)5-2-8-17(10-14)13(20)16-9-15(6-7-15)11-3-4-11/h11H,2-10H2,1H3,(H,16,20)(H,18,19). The van der Waals surface area contributed by atoms with Crippen LogP contribution in [0.1, 0.15) is 45.4 Å². The van der Waals surface area contributed by atoms with Crippen molar-refractivity contribution in [2.24, 2.45) is 16.7 Å². The maximum atomic E-state index is 12.2. The average molecular weight is 280 g/mol. The molecule has 5 nitrogen and oxygen atoms in total. The highest BCUT2D eigenvalue weighted by atomic mass is 16.4. The summed E-state index contributed by atoms with van der Waals surface area (Å²) in [7, 11) is 0. The van der Waals surface area contributed by atoms with Gasteiger partial charge in [0.05, 0.1) is 5.41 Å². The first-order valence-electron chi connectivity index (χ1n) is 7.71. The number of carboxylic acid groups (broad SMARTS) is 1. The van der Waals surface area contributed by atoms with E-state index in [2.05, 4.69) is 5.32 Å². The van der Waals surface area contributed by atoms with Crippen LogP contribution < -0.4 is 5.32 Å². The lowest BCUT2D eigenvalue weighted by atomic mass is 9.82. The number of nitrogens with zero attached hydrogens (tertiary/aromatic N) is 1. The SMILES string of the molecule is CC1(C(=O)O)CCCN(C(=O)NCC2(C3CC3)CC2)C1. The van der Waals surface area contributed by atoms with Crippen LogP contribution in [-0.4, -0.2) is 41.6 Å². The number of urea groups is 1. The summed E-state index contributed by atoms with van der Waals surface area (Å²) < 4.78 is 0. The van der Waals surface area contributed by atoms with Crippen molar-refractivity contribution in [3.05, 3.63) is 0 Å². The first-order valence-corrected chi connectivity index (χ1v) is 7.71. The zero-order valence-electron chi connectivity index (χ0n) is 12.2. The fraction of sp³-hybridized carbons (Fsp3) is 0.867. The van der Waals surface area contributed by atoms with Crippen molar-refractivity contribution < 1.29 is 14.7 Å². The van der Waals surface area contributed by atoms with Gasteiger partial charge in [0.25, 0.3) is 0 Å². The van der Waals surface area contributed by atoms with Gasteiger partial charge in [-0.3, -0.25) is 4.79 Å². The first kappa shape index (κ1) is 13.7. The van der Waals surface area contributed by atoms with Crippen LogP contribution in [0.5, 0.6) is 0 Å². The first-order chi connectivity index (χ1) is 9.45. The Balaban J connectivity index is 1.53. The quantitative estimate of drug-likeness (QED) is 0.828. The van der Waals surface area contributed by atoms with Crippen LogP contribution in [0.2, 0.25) is 0 Å². The van der Waals surface area contributed by atoms with E-state index in [1.54, 1.807) is 11.8 Å². The highest BCUT2D eigenvalue weighted by Crippen LogP contribution is 2.60. The smallest absolute Gasteiger partial charge is 0.317 e. The molecule has 2 saturated carbocycles. The molecule has 0 aromatic heterocycles. The summed E-state index contributed by atoms with van der Waals surface area (Å²) in [6, 6.07) is -0.0795. The summed E-state index contributed by atoms with van der Waals surface area (Å²) in [6.45, 7) is 3.51. The van der Waals surface area contributed by atoms with Gasteiger partial charge in [-0.05, 0) is 56.8 Å². The monoisotopic (exact) mass is 280 g/mol. The second-order valence-corrected chi connectivity index (χ2v) is 7.19. The van der Waals surface area contributed by atoms with Crippen LogP contribution in [-0.2, 0) is 4.79 Å². The number of carboxylic acids is 1. The fourth-order valence-corrected chi connectivity index (χ4v) is 3.54. The summed E-state index contributed by atoms with van der Waals surface area (Å²) in [5.41, 5.74) is -0.398. The van der Waals surface area contributed by atoms with Gasteiger partial charge in [0.15, 0.2) is 0 Å². The molecule has 112 valence electrons. The molecule has 1 atom stereocenters. The van der Waals surface area contributed by atoms with Crippen LogP contribution in [0.3, 0.4) is 0 Å². The van der Waals surface area contributed by atoms with Crippen LogP contribution in [0.4, 0.5) is 4.79 Å². The van der Waals surface area contributed by atoms with E-state index in [0.717, 1.165) is 18.9 Å². The number of piperidine rings is 1. The minimum Gasteiger partial charge on any atom is -0.481 e. The number of amides is 2. The lowest BCUT2D eigenvalue weighted by Gasteiger charge is -2.37. The van der Waals surface area contributed by atoms with E-state index >= 15 is 0 Å². The van der Waals surface area contributed by atoms with Gasteiger partial charge in [0, 0.05) is 19.6 Å². The number of carbonyl (C=O) groups excluding carboxylic acids is 1. The van der Waals surface area contributed by atoms with Gasteiger partial charge in [-0.15, -0.1) is 0 Å². The zero-order chi connectivity index (χ0) is 14.4. The Bertz CT molecular complexity index is 429. The number of hydrogen-bond donors (Lipinski definition) is 2. The molecule has 0 aromatic rings. The summed E-state index contributed by atoms with van der Waals surface area (Å²) in [5, 5.41) is 12.3. The molecular weight excluding hydrogens is 256 g/mol. The lowest BCUT2D eigenvalue weighted by molar-refractivity contribution is -0.150. The van der Waals surface area contributed by atoms with Gasteiger partial charge in [-0.1, -0.05) is 0 Å². The Morgan fingerprint density at radius 1 is 1.30 bits per heavy atom. The van der Waals surface area contributed by atoms with Crippen molar-refractivity contribution in [1.29, 1.82) is 0 Å². The van der Waals surface area contributed by atoms with E-state index in [1.807, 2.05) is 0 Å². The fourth-order valence-electron chi connectivity index (χ4n) is 3.54. The summed E-state index contributed by atoms with van der Waals surface area (Å²) in [4.78, 5) is 25.2. The van der Waals surface area contributed by atoms with Gasteiger partial charge in [-0.25, -0.2) is 4.79 Å². The Hall–Kier alpha value is -1.26. The van der Waals surface area contributed by atoms with E-state index < -0.39 is 11.4 Å². The highest BCUT2D eigenvalue weighted by molar-refractivity contribution is 5.78. The molecule has 3 rings (SSSR count). The number of carbonyl (C=O) groups is 2. The summed E-state index contributed by atoms with van der Waals surface area (Å²) in [6.07, 6.45) is 6.53. The number of likely N-dealkylation sites (tertiary alicyclic amines) is 1. The zero-order valence-corrected chi connectivity index (χ0v) is 12.2. The normalized spacial score (nSPS) is 31.8. The molecule has 3 fully saturated rings. The van der Waals surface area contributed by atoms with E-state index in [-0.39, 0.29) is 6.03 Å². The van der Waals surface area contributed by atoms with Gasteiger partial charge in [-0.2, -0.15) is 0 Å². The maximum absolute atomic E-state index is 12.2. The van der Waals surface area contributed by atoms with Crippen molar-refractivity contribution in [3.8, 4) is 0 Å². The number of nitrogens with one attached hydrogen (secondary N) is 1. The van der Waals surface area contributed by atoms with Crippen molar-refractivity contribution in [1.82, 2.24) is 10.2 Å². The average Bonchev–Trinajstić information content (AvgIpc) is 3.27. The van der Waals surface area contributed by atoms with E-state index in [0.29, 0.717) is 24.9 Å².